The molecular formula is C13H18N2O2S. The van der Waals surface area contributed by atoms with Gasteiger partial charge in [0.1, 0.15) is 0 Å². The first-order valence-electron chi connectivity index (χ1n) is 6.57. The lowest BCUT2D eigenvalue weighted by atomic mass is 9.88. The topological polar surface area (TPSA) is 53.4 Å². The fourth-order valence-corrected chi connectivity index (χ4v) is 4.16. The Labute approximate surface area is 111 Å². The van der Waals surface area contributed by atoms with Crippen molar-refractivity contribution >= 4 is 17.3 Å². The van der Waals surface area contributed by atoms with Crippen LogP contribution in [0.3, 0.4) is 0 Å². The molecule has 98 valence electrons. The predicted octanol–water partition coefficient (Wildman–Crippen LogP) is 2.36. The van der Waals surface area contributed by atoms with Gasteiger partial charge in [-0.2, -0.15) is 0 Å². The van der Waals surface area contributed by atoms with Crippen LogP contribution < -0.4 is 0 Å². The lowest BCUT2D eigenvalue weighted by molar-refractivity contribution is -0.138. The van der Waals surface area contributed by atoms with Gasteiger partial charge >= 0.3 is 5.97 Å². The Bertz CT molecular complexity index is 407. The number of carbonyl (C=O) groups is 1. The number of thiazole rings is 1. The van der Waals surface area contributed by atoms with Gasteiger partial charge in [0.05, 0.1) is 5.51 Å². The van der Waals surface area contributed by atoms with Crippen molar-refractivity contribution < 1.29 is 9.90 Å². The minimum absolute atomic E-state index is 0.349. The summed E-state index contributed by atoms with van der Waals surface area (Å²) in [4.78, 5) is 18.8. The molecule has 1 aromatic rings. The summed E-state index contributed by atoms with van der Waals surface area (Å²) in [5.74, 6) is -0.256. The highest BCUT2D eigenvalue weighted by molar-refractivity contribution is 7.09. The average molecular weight is 266 g/mol. The highest BCUT2D eigenvalue weighted by atomic mass is 32.1. The van der Waals surface area contributed by atoms with E-state index in [2.05, 4.69) is 9.88 Å². The van der Waals surface area contributed by atoms with Gasteiger partial charge in [-0.05, 0) is 31.6 Å². The zero-order valence-corrected chi connectivity index (χ0v) is 11.1. The lowest BCUT2D eigenvalue weighted by Gasteiger charge is -2.38. The molecule has 2 aliphatic heterocycles. The molecule has 2 atom stereocenters. The molecule has 2 saturated heterocycles. The number of carboxylic acids is 1. The number of nitrogens with zero attached hydrogens (tertiary/aromatic N) is 2. The van der Waals surface area contributed by atoms with Gasteiger partial charge in [0.25, 0.3) is 0 Å². The molecule has 2 bridgehead atoms. The summed E-state index contributed by atoms with van der Waals surface area (Å²) in [6, 6.07) is 1.19. The van der Waals surface area contributed by atoms with Crippen molar-refractivity contribution in [2.45, 2.75) is 50.7 Å². The number of aromatic nitrogens is 1. The predicted molar refractivity (Wildman–Crippen MR) is 69.4 cm³/mol. The van der Waals surface area contributed by atoms with E-state index in [1.54, 1.807) is 11.3 Å². The van der Waals surface area contributed by atoms with Crippen molar-refractivity contribution in [2.75, 3.05) is 0 Å². The number of piperidine rings is 1. The summed E-state index contributed by atoms with van der Waals surface area (Å²) >= 11 is 1.71. The van der Waals surface area contributed by atoms with Crippen molar-refractivity contribution in [2.24, 2.45) is 5.92 Å². The highest BCUT2D eigenvalue weighted by Crippen LogP contribution is 2.40. The zero-order chi connectivity index (χ0) is 12.5. The molecule has 1 N–H and O–H groups in total. The Kier molecular flexibility index (Phi) is 3.35. The Morgan fingerprint density at radius 2 is 2.17 bits per heavy atom. The van der Waals surface area contributed by atoms with Gasteiger partial charge in [-0.1, -0.05) is 0 Å². The molecule has 0 saturated carbocycles. The van der Waals surface area contributed by atoms with E-state index < -0.39 is 5.97 Å². The third kappa shape index (κ3) is 2.42. The summed E-state index contributed by atoms with van der Waals surface area (Å²) in [6.07, 6.45) is 6.89. The summed E-state index contributed by atoms with van der Waals surface area (Å²) in [7, 11) is 0. The van der Waals surface area contributed by atoms with Gasteiger partial charge in [-0.25, -0.2) is 0 Å². The molecule has 4 nitrogen and oxygen atoms in total. The van der Waals surface area contributed by atoms with Crippen LogP contribution in [0.15, 0.2) is 11.7 Å². The second-order valence-electron chi connectivity index (χ2n) is 5.46. The fourth-order valence-electron chi connectivity index (χ4n) is 3.56. The molecular weight excluding hydrogens is 248 g/mol. The van der Waals surface area contributed by atoms with Crippen LogP contribution in [0, 0.1) is 5.92 Å². The molecule has 2 fully saturated rings. The molecule has 2 unspecified atom stereocenters. The highest BCUT2D eigenvalue weighted by Gasteiger charge is 2.40. The number of fused-ring (bicyclic) bond motifs is 2. The molecule has 3 heterocycles. The van der Waals surface area contributed by atoms with Crippen LogP contribution in [-0.2, 0) is 11.3 Å². The minimum atomic E-state index is -0.643. The Morgan fingerprint density at radius 3 is 2.72 bits per heavy atom. The molecule has 0 aliphatic carbocycles. The van der Waals surface area contributed by atoms with Gasteiger partial charge in [0.15, 0.2) is 0 Å². The van der Waals surface area contributed by atoms with Gasteiger partial charge in [0, 0.05) is 36.1 Å². The molecule has 18 heavy (non-hydrogen) atoms. The van der Waals surface area contributed by atoms with Crippen molar-refractivity contribution in [3.63, 3.8) is 0 Å². The molecule has 3 rings (SSSR count). The molecule has 0 aromatic carbocycles. The molecule has 5 heteroatoms. The third-order valence-electron chi connectivity index (χ3n) is 4.27. The van der Waals surface area contributed by atoms with E-state index in [1.807, 2.05) is 11.7 Å². The molecule has 0 radical (unpaired) electrons. The van der Waals surface area contributed by atoms with E-state index in [9.17, 15) is 4.79 Å². The Balaban J connectivity index is 1.64. The first kappa shape index (κ1) is 12.1. The van der Waals surface area contributed by atoms with Crippen LogP contribution in [-0.4, -0.2) is 33.0 Å². The van der Waals surface area contributed by atoms with E-state index in [4.69, 9.17) is 5.11 Å². The maximum absolute atomic E-state index is 10.8. The lowest BCUT2D eigenvalue weighted by Crippen LogP contribution is -2.42. The number of hydrogen-bond acceptors (Lipinski definition) is 4. The van der Waals surface area contributed by atoms with E-state index in [0.717, 1.165) is 19.4 Å². The van der Waals surface area contributed by atoms with Gasteiger partial charge in [-0.3, -0.25) is 14.7 Å². The standard InChI is InChI=1S/C13H18N2O2S/c16-13(17)5-9-3-10-1-2-11(4-9)15(10)7-12-6-14-8-18-12/h6,8-11H,1-5,7H2,(H,16,17). The molecule has 2 aliphatic rings. The summed E-state index contributed by atoms with van der Waals surface area (Å²) < 4.78 is 0. The van der Waals surface area contributed by atoms with Crippen LogP contribution in [0.2, 0.25) is 0 Å². The first-order chi connectivity index (χ1) is 8.72. The number of rotatable bonds is 4. The maximum atomic E-state index is 10.8. The number of carboxylic acid groups (broad SMARTS) is 1. The first-order valence-corrected chi connectivity index (χ1v) is 7.45. The van der Waals surface area contributed by atoms with E-state index in [-0.39, 0.29) is 0 Å². The summed E-state index contributed by atoms with van der Waals surface area (Å²) in [5, 5.41) is 8.91. The van der Waals surface area contributed by atoms with Crippen molar-refractivity contribution in [1.82, 2.24) is 9.88 Å². The molecule has 0 amide bonds. The number of hydrogen-bond donors (Lipinski definition) is 1. The molecule has 1 aromatic heterocycles. The quantitative estimate of drug-likeness (QED) is 0.909. The number of aliphatic carboxylic acids is 1. The third-order valence-corrected chi connectivity index (χ3v) is 5.03. The zero-order valence-electron chi connectivity index (χ0n) is 10.3. The molecule has 0 spiro atoms. The minimum Gasteiger partial charge on any atom is -0.481 e. The van der Waals surface area contributed by atoms with E-state index >= 15 is 0 Å². The van der Waals surface area contributed by atoms with Gasteiger partial charge in [0.2, 0.25) is 0 Å². The van der Waals surface area contributed by atoms with E-state index in [1.165, 1.54) is 17.7 Å². The van der Waals surface area contributed by atoms with Gasteiger partial charge < -0.3 is 5.11 Å². The van der Waals surface area contributed by atoms with Crippen LogP contribution >= 0.6 is 11.3 Å². The Morgan fingerprint density at radius 1 is 1.44 bits per heavy atom. The largest absolute Gasteiger partial charge is 0.481 e. The fraction of sp³-hybridized carbons (Fsp3) is 0.692. The van der Waals surface area contributed by atoms with Crippen molar-refractivity contribution in [3.8, 4) is 0 Å². The van der Waals surface area contributed by atoms with Crippen LogP contribution in [0.1, 0.15) is 37.0 Å². The maximum Gasteiger partial charge on any atom is 0.303 e. The normalized spacial score (nSPS) is 31.7. The summed E-state index contributed by atoms with van der Waals surface area (Å²) in [6.45, 7) is 1.000. The van der Waals surface area contributed by atoms with Crippen LogP contribution in [0.4, 0.5) is 0 Å². The Hall–Kier alpha value is -0.940. The SMILES string of the molecule is O=C(O)CC1CC2CCC(C1)N2Cc1cncs1. The van der Waals surface area contributed by atoms with Crippen molar-refractivity contribution in [1.29, 1.82) is 0 Å². The average Bonchev–Trinajstić information content (AvgIpc) is 2.88. The second kappa shape index (κ2) is 4.97. The smallest absolute Gasteiger partial charge is 0.303 e. The van der Waals surface area contributed by atoms with Crippen LogP contribution in [0.5, 0.6) is 0 Å². The van der Waals surface area contributed by atoms with Gasteiger partial charge in [-0.15, -0.1) is 11.3 Å². The second-order valence-corrected chi connectivity index (χ2v) is 6.43. The summed E-state index contributed by atoms with van der Waals surface area (Å²) in [5.41, 5.74) is 1.88. The van der Waals surface area contributed by atoms with E-state index in [0.29, 0.717) is 24.4 Å². The van der Waals surface area contributed by atoms with Crippen molar-refractivity contribution in [3.05, 3.63) is 16.6 Å². The van der Waals surface area contributed by atoms with Crippen LogP contribution in [0.25, 0.3) is 0 Å². The monoisotopic (exact) mass is 266 g/mol.